The Balaban J connectivity index is 1.92. The molecule has 0 spiro atoms. The molecular formula is C18H17N2S-. The molecule has 0 aliphatic heterocycles. The molecule has 0 saturated heterocycles. The van der Waals surface area contributed by atoms with Crippen LogP contribution in [-0.4, -0.2) is 4.98 Å². The van der Waals surface area contributed by atoms with Crippen molar-refractivity contribution in [2.45, 2.75) is 43.6 Å². The second-order valence-corrected chi connectivity index (χ2v) is 5.89. The minimum Gasteiger partial charge on any atom is -0.759 e. The Morgan fingerprint density at radius 3 is 2.48 bits per heavy atom. The highest BCUT2D eigenvalue weighted by Gasteiger charge is 2.18. The number of aryl methyl sites for hydroxylation is 2. The van der Waals surface area contributed by atoms with E-state index in [1.165, 1.54) is 23.1 Å². The Hall–Kier alpha value is -1.92. The maximum atomic E-state index is 9.32. The van der Waals surface area contributed by atoms with Crippen molar-refractivity contribution in [3.8, 4) is 6.07 Å². The Bertz CT molecular complexity index is 687. The summed E-state index contributed by atoms with van der Waals surface area (Å²) in [5, 5.41) is 9.80. The first kappa shape index (κ1) is 14.0. The van der Waals surface area contributed by atoms with Crippen molar-refractivity contribution in [1.82, 2.24) is 4.98 Å². The van der Waals surface area contributed by atoms with Gasteiger partial charge in [-0.1, -0.05) is 35.4 Å². The van der Waals surface area contributed by atoms with Gasteiger partial charge in [0.2, 0.25) is 0 Å². The molecule has 0 saturated carbocycles. The summed E-state index contributed by atoms with van der Waals surface area (Å²) in [6, 6.07) is 12.7. The van der Waals surface area contributed by atoms with Gasteiger partial charge in [0.15, 0.2) is 0 Å². The lowest BCUT2D eigenvalue weighted by Crippen LogP contribution is -2.13. The summed E-state index contributed by atoms with van der Waals surface area (Å²) < 4.78 is 0. The molecular weight excluding hydrogens is 276 g/mol. The van der Waals surface area contributed by atoms with E-state index in [2.05, 4.69) is 35.3 Å². The molecule has 2 nitrogen and oxygen atoms in total. The lowest BCUT2D eigenvalue weighted by molar-refractivity contribution is 0.661. The van der Waals surface area contributed by atoms with Gasteiger partial charge in [0.05, 0.1) is 11.6 Å². The van der Waals surface area contributed by atoms with Crippen LogP contribution in [0.2, 0.25) is 0 Å². The molecule has 2 aromatic rings. The van der Waals surface area contributed by atoms with E-state index in [9.17, 15) is 5.26 Å². The van der Waals surface area contributed by atoms with Gasteiger partial charge in [0.25, 0.3) is 0 Å². The summed E-state index contributed by atoms with van der Waals surface area (Å²) in [4.78, 5) is 4.56. The van der Waals surface area contributed by atoms with Crippen molar-refractivity contribution in [2.75, 3.05) is 0 Å². The third-order valence-electron chi connectivity index (χ3n) is 4.17. The van der Waals surface area contributed by atoms with Gasteiger partial charge in [-0.2, -0.15) is 5.26 Å². The Labute approximate surface area is 131 Å². The lowest BCUT2D eigenvalue weighted by atomic mass is 9.87. The molecule has 3 heteroatoms. The van der Waals surface area contributed by atoms with E-state index in [1.807, 2.05) is 6.07 Å². The fourth-order valence-corrected chi connectivity index (χ4v) is 3.38. The van der Waals surface area contributed by atoms with E-state index >= 15 is 0 Å². The Kier molecular flexibility index (Phi) is 4.17. The summed E-state index contributed by atoms with van der Waals surface area (Å²) in [5.41, 5.74) is 5.54. The molecule has 21 heavy (non-hydrogen) atoms. The van der Waals surface area contributed by atoms with Gasteiger partial charge in [0.1, 0.15) is 0 Å². The molecule has 1 aromatic carbocycles. The predicted octanol–water partition coefficient (Wildman–Crippen LogP) is 3.52. The van der Waals surface area contributed by atoms with Crippen molar-refractivity contribution in [3.05, 3.63) is 58.3 Å². The first-order valence-electron chi connectivity index (χ1n) is 7.45. The zero-order chi connectivity index (χ0) is 14.7. The van der Waals surface area contributed by atoms with Crippen LogP contribution < -0.4 is 0 Å². The monoisotopic (exact) mass is 293 g/mol. The molecule has 1 aliphatic carbocycles. The number of hydrogen-bond donors (Lipinski definition) is 0. The molecule has 0 amide bonds. The number of nitriles is 1. The van der Waals surface area contributed by atoms with Gasteiger partial charge in [-0.05, 0) is 55.2 Å². The highest BCUT2D eigenvalue weighted by Crippen LogP contribution is 2.28. The van der Waals surface area contributed by atoms with Crippen LogP contribution >= 0.6 is 0 Å². The largest absolute Gasteiger partial charge is 0.759 e. The van der Waals surface area contributed by atoms with E-state index in [1.54, 1.807) is 0 Å². The zero-order valence-corrected chi connectivity index (χ0v) is 12.7. The standard InChI is InChI=1S/C18H18N2S/c19-12-16-14-8-4-5-9-15(14)17(20-18(16)21)11-10-13-6-2-1-3-7-13/h1-3,6-7H,4-5,8-11H2,(H,20,21)/p-1. The number of rotatable bonds is 3. The van der Waals surface area contributed by atoms with Crippen LogP contribution in [0.3, 0.4) is 0 Å². The van der Waals surface area contributed by atoms with Crippen molar-refractivity contribution in [1.29, 1.82) is 5.26 Å². The molecule has 106 valence electrons. The molecule has 0 bridgehead atoms. The average molecular weight is 293 g/mol. The van der Waals surface area contributed by atoms with Gasteiger partial charge in [-0.3, -0.25) is 4.98 Å². The normalized spacial score (nSPS) is 13.5. The number of nitrogens with zero attached hydrogens (tertiary/aromatic N) is 2. The fraction of sp³-hybridized carbons (Fsp3) is 0.333. The van der Waals surface area contributed by atoms with Crippen LogP contribution in [0.5, 0.6) is 0 Å². The van der Waals surface area contributed by atoms with Crippen LogP contribution in [-0.2, 0) is 38.3 Å². The molecule has 1 heterocycles. The Morgan fingerprint density at radius 1 is 1.05 bits per heavy atom. The predicted molar refractivity (Wildman–Crippen MR) is 85.1 cm³/mol. The third-order valence-corrected chi connectivity index (χ3v) is 4.47. The van der Waals surface area contributed by atoms with Crippen LogP contribution in [0.1, 0.15) is 40.8 Å². The summed E-state index contributed by atoms with van der Waals surface area (Å²) in [6.45, 7) is 0. The summed E-state index contributed by atoms with van der Waals surface area (Å²) in [6.07, 6.45) is 6.23. The van der Waals surface area contributed by atoms with Crippen molar-refractivity contribution in [3.63, 3.8) is 0 Å². The van der Waals surface area contributed by atoms with Crippen LogP contribution in [0.4, 0.5) is 0 Å². The van der Waals surface area contributed by atoms with Crippen molar-refractivity contribution < 1.29 is 0 Å². The maximum Gasteiger partial charge on any atom is 0.0994 e. The van der Waals surface area contributed by atoms with E-state index in [-0.39, 0.29) is 0 Å². The number of pyridine rings is 1. The third kappa shape index (κ3) is 2.91. The minimum atomic E-state index is 0.487. The van der Waals surface area contributed by atoms with Gasteiger partial charge in [-0.25, -0.2) is 0 Å². The smallest absolute Gasteiger partial charge is 0.0994 e. The van der Waals surface area contributed by atoms with Gasteiger partial charge in [0, 0.05) is 5.69 Å². The maximum absolute atomic E-state index is 9.32. The molecule has 1 aromatic heterocycles. The molecule has 0 atom stereocenters. The van der Waals surface area contributed by atoms with Gasteiger partial charge >= 0.3 is 0 Å². The molecule has 0 fully saturated rings. The van der Waals surface area contributed by atoms with E-state index in [4.69, 9.17) is 12.6 Å². The first-order valence-corrected chi connectivity index (χ1v) is 7.86. The second kappa shape index (κ2) is 6.24. The second-order valence-electron chi connectivity index (χ2n) is 5.50. The highest BCUT2D eigenvalue weighted by atomic mass is 32.1. The Morgan fingerprint density at radius 2 is 1.76 bits per heavy atom. The number of benzene rings is 1. The minimum absolute atomic E-state index is 0.487. The molecule has 0 N–H and O–H groups in total. The summed E-state index contributed by atoms with van der Waals surface area (Å²) in [7, 11) is 0. The number of fused-ring (bicyclic) bond motifs is 1. The van der Waals surface area contributed by atoms with Crippen molar-refractivity contribution in [2.24, 2.45) is 0 Å². The molecule has 0 unspecified atom stereocenters. The summed E-state index contributed by atoms with van der Waals surface area (Å²) >= 11 is 5.32. The van der Waals surface area contributed by atoms with E-state index in [0.29, 0.717) is 10.6 Å². The van der Waals surface area contributed by atoms with Crippen LogP contribution in [0.15, 0.2) is 35.4 Å². The van der Waals surface area contributed by atoms with E-state index < -0.39 is 0 Å². The highest BCUT2D eigenvalue weighted by molar-refractivity contribution is 7.58. The average Bonchev–Trinajstić information content (AvgIpc) is 2.54. The van der Waals surface area contributed by atoms with Crippen LogP contribution in [0.25, 0.3) is 0 Å². The SMILES string of the molecule is N#Cc1c([S-])nc(CCc2ccccc2)c2c1CCCC2. The molecule has 3 rings (SSSR count). The van der Waals surface area contributed by atoms with E-state index in [0.717, 1.165) is 37.8 Å². The molecule has 1 aliphatic rings. The quantitative estimate of drug-likeness (QED) is 0.812. The first-order chi connectivity index (χ1) is 10.3. The van der Waals surface area contributed by atoms with Gasteiger partial charge in [-0.15, -0.1) is 0 Å². The van der Waals surface area contributed by atoms with Crippen molar-refractivity contribution >= 4 is 12.6 Å². The fourth-order valence-electron chi connectivity index (χ4n) is 3.10. The topological polar surface area (TPSA) is 36.7 Å². The number of aromatic nitrogens is 1. The van der Waals surface area contributed by atoms with Crippen LogP contribution in [0, 0.1) is 11.3 Å². The van der Waals surface area contributed by atoms with Gasteiger partial charge < -0.3 is 12.6 Å². The molecule has 0 radical (unpaired) electrons. The zero-order valence-electron chi connectivity index (χ0n) is 11.9. The lowest BCUT2D eigenvalue weighted by Gasteiger charge is -2.24. The summed E-state index contributed by atoms with van der Waals surface area (Å²) in [5.74, 6) is 0. The number of hydrogen-bond acceptors (Lipinski definition) is 3.